The first-order chi connectivity index (χ1) is 4.72. The molecule has 0 amide bonds. The molecule has 2 heteroatoms. The Hall–Kier alpha value is 0.580. The molecule has 1 unspecified atom stereocenters. The highest BCUT2D eigenvalue weighted by Crippen LogP contribution is 2.01. The fourth-order valence-corrected chi connectivity index (χ4v) is 0.327. The van der Waals surface area contributed by atoms with E-state index in [-0.39, 0.29) is 5.38 Å². The molecule has 0 aliphatic heterocycles. The summed E-state index contributed by atoms with van der Waals surface area (Å²) in [5.74, 6) is 0.568. The minimum atomic E-state index is 0.173. The molecule has 64 valence electrons. The first kappa shape index (κ1) is 13.2. The van der Waals surface area contributed by atoms with Gasteiger partial charge >= 0.3 is 0 Å². The normalized spacial score (nSPS) is 11.7. The summed E-state index contributed by atoms with van der Waals surface area (Å²) >= 11 is 10.8. The van der Waals surface area contributed by atoms with E-state index in [1.54, 1.807) is 0 Å². The number of hydrogen-bond donors (Lipinski definition) is 0. The van der Waals surface area contributed by atoms with Crippen molar-refractivity contribution in [3.63, 3.8) is 0 Å². The molecule has 0 spiro atoms. The number of halogens is 2. The lowest BCUT2D eigenvalue weighted by atomic mass is 10.4. The van der Waals surface area contributed by atoms with Crippen LogP contribution >= 0.6 is 23.2 Å². The summed E-state index contributed by atoms with van der Waals surface area (Å²) in [5, 5.41) is 0.173. The van der Waals surface area contributed by atoms with E-state index in [0.29, 0.717) is 5.88 Å². The molecular formula is C8H18Cl2. The molecule has 0 aromatic rings. The molecule has 0 N–H and O–H groups in total. The molecule has 0 bridgehead atoms. The molecule has 0 aliphatic carbocycles. The van der Waals surface area contributed by atoms with Gasteiger partial charge in [0.25, 0.3) is 0 Å². The zero-order valence-electron chi connectivity index (χ0n) is 7.16. The van der Waals surface area contributed by atoms with Gasteiger partial charge in [-0.15, -0.1) is 23.2 Å². The SMILES string of the molecule is CCC(Cl)CCl.CCCC. The zero-order chi connectivity index (χ0) is 8.41. The molecule has 0 rings (SSSR count). The average Bonchev–Trinajstić information content (AvgIpc) is 2.03. The van der Waals surface area contributed by atoms with Crippen LogP contribution in [0, 0.1) is 0 Å². The predicted molar refractivity (Wildman–Crippen MR) is 51.2 cm³/mol. The van der Waals surface area contributed by atoms with Gasteiger partial charge in [0.2, 0.25) is 0 Å². The van der Waals surface area contributed by atoms with E-state index in [1.807, 2.05) is 6.92 Å². The van der Waals surface area contributed by atoms with Crippen LogP contribution in [0.4, 0.5) is 0 Å². The smallest absolute Gasteiger partial charge is 0.0468 e. The highest BCUT2D eigenvalue weighted by Gasteiger charge is 1.93. The third-order valence-electron chi connectivity index (χ3n) is 1.11. The van der Waals surface area contributed by atoms with Crippen molar-refractivity contribution in [2.24, 2.45) is 0 Å². The summed E-state index contributed by atoms with van der Waals surface area (Å²) in [6.07, 6.45) is 3.60. The minimum absolute atomic E-state index is 0.173. The zero-order valence-corrected chi connectivity index (χ0v) is 8.67. The second kappa shape index (κ2) is 12.3. The molecule has 10 heavy (non-hydrogen) atoms. The maximum absolute atomic E-state index is 5.52. The van der Waals surface area contributed by atoms with Crippen molar-refractivity contribution in [1.82, 2.24) is 0 Å². The Bertz CT molecular complexity index is 40.5. The van der Waals surface area contributed by atoms with E-state index < -0.39 is 0 Å². The Morgan fingerprint density at radius 1 is 1.10 bits per heavy atom. The molecule has 0 aromatic carbocycles. The summed E-state index contributed by atoms with van der Waals surface area (Å²) < 4.78 is 0. The van der Waals surface area contributed by atoms with Gasteiger partial charge in [-0.3, -0.25) is 0 Å². The molecule has 1 atom stereocenters. The lowest BCUT2D eigenvalue weighted by Gasteiger charge is -1.94. The van der Waals surface area contributed by atoms with Crippen molar-refractivity contribution in [3.8, 4) is 0 Å². The standard InChI is InChI=1S/C4H8Cl2.C4H10/c1-2-4(6)3-5;1-3-4-2/h4H,2-3H2,1H3;3-4H2,1-2H3. The van der Waals surface area contributed by atoms with Gasteiger partial charge < -0.3 is 0 Å². The molecule has 0 aromatic heterocycles. The molecule has 0 heterocycles. The predicted octanol–water partition coefficient (Wildman–Crippen LogP) is 4.05. The van der Waals surface area contributed by atoms with Gasteiger partial charge in [-0.2, -0.15) is 0 Å². The Morgan fingerprint density at radius 2 is 1.50 bits per heavy atom. The van der Waals surface area contributed by atoms with Crippen molar-refractivity contribution in [1.29, 1.82) is 0 Å². The fraction of sp³-hybridized carbons (Fsp3) is 1.00. The highest BCUT2D eigenvalue weighted by atomic mass is 35.5. The maximum Gasteiger partial charge on any atom is 0.0468 e. The number of unbranched alkanes of at least 4 members (excludes halogenated alkanes) is 1. The first-order valence-electron chi connectivity index (χ1n) is 3.92. The van der Waals surface area contributed by atoms with E-state index >= 15 is 0 Å². The molecule has 0 nitrogen and oxygen atoms in total. The Balaban J connectivity index is 0. The van der Waals surface area contributed by atoms with Crippen LogP contribution in [0.25, 0.3) is 0 Å². The van der Waals surface area contributed by atoms with Crippen LogP contribution in [0.15, 0.2) is 0 Å². The summed E-state index contributed by atoms with van der Waals surface area (Å²) in [6.45, 7) is 6.38. The lowest BCUT2D eigenvalue weighted by molar-refractivity contribution is 0.886. The van der Waals surface area contributed by atoms with Gasteiger partial charge in [-0.25, -0.2) is 0 Å². The van der Waals surface area contributed by atoms with E-state index in [0.717, 1.165) is 6.42 Å². The summed E-state index contributed by atoms with van der Waals surface area (Å²) in [4.78, 5) is 0. The molecule has 0 saturated heterocycles. The Morgan fingerprint density at radius 3 is 1.50 bits per heavy atom. The summed E-state index contributed by atoms with van der Waals surface area (Å²) in [5.41, 5.74) is 0. The minimum Gasteiger partial charge on any atom is -0.125 e. The van der Waals surface area contributed by atoms with Gasteiger partial charge in [0.1, 0.15) is 0 Å². The number of alkyl halides is 2. The molecular weight excluding hydrogens is 167 g/mol. The van der Waals surface area contributed by atoms with Crippen LogP contribution in [-0.2, 0) is 0 Å². The van der Waals surface area contributed by atoms with E-state index in [4.69, 9.17) is 23.2 Å². The van der Waals surface area contributed by atoms with Crippen molar-refractivity contribution in [3.05, 3.63) is 0 Å². The third kappa shape index (κ3) is 15.8. The van der Waals surface area contributed by atoms with Crippen LogP contribution in [0.2, 0.25) is 0 Å². The Labute approximate surface area is 74.9 Å². The number of hydrogen-bond acceptors (Lipinski definition) is 0. The van der Waals surface area contributed by atoms with Gasteiger partial charge in [0.15, 0.2) is 0 Å². The van der Waals surface area contributed by atoms with Gasteiger partial charge in [0.05, 0.1) is 0 Å². The maximum atomic E-state index is 5.52. The van der Waals surface area contributed by atoms with Gasteiger partial charge in [0, 0.05) is 11.3 Å². The van der Waals surface area contributed by atoms with Crippen LogP contribution < -0.4 is 0 Å². The van der Waals surface area contributed by atoms with Crippen LogP contribution in [0.1, 0.15) is 40.0 Å². The van der Waals surface area contributed by atoms with E-state index in [2.05, 4.69) is 13.8 Å². The summed E-state index contributed by atoms with van der Waals surface area (Å²) in [7, 11) is 0. The largest absolute Gasteiger partial charge is 0.125 e. The van der Waals surface area contributed by atoms with Crippen molar-refractivity contribution >= 4 is 23.2 Å². The quantitative estimate of drug-likeness (QED) is 0.582. The van der Waals surface area contributed by atoms with Gasteiger partial charge in [-0.1, -0.05) is 33.6 Å². The van der Waals surface area contributed by atoms with Crippen LogP contribution in [0.3, 0.4) is 0 Å². The Kier molecular flexibility index (Phi) is 16.2. The topological polar surface area (TPSA) is 0 Å². The average molecular weight is 185 g/mol. The van der Waals surface area contributed by atoms with E-state index in [9.17, 15) is 0 Å². The monoisotopic (exact) mass is 184 g/mol. The second-order valence-corrected chi connectivity index (χ2v) is 3.09. The fourth-order valence-electron chi connectivity index (χ4n) is 0.109. The van der Waals surface area contributed by atoms with E-state index in [1.165, 1.54) is 12.8 Å². The second-order valence-electron chi connectivity index (χ2n) is 2.16. The third-order valence-corrected chi connectivity index (χ3v) is 2.10. The molecule has 0 fully saturated rings. The lowest BCUT2D eigenvalue weighted by Crippen LogP contribution is -1.94. The summed E-state index contributed by atoms with van der Waals surface area (Å²) in [6, 6.07) is 0. The van der Waals surface area contributed by atoms with Crippen molar-refractivity contribution in [2.75, 3.05) is 5.88 Å². The molecule has 0 aliphatic rings. The van der Waals surface area contributed by atoms with Crippen LogP contribution in [-0.4, -0.2) is 11.3 Å². The highest BCUT2D eigenvalue weighted by molar-refractivity contribution is 6.28. The molecule has 0 saturated carbocycles. The van der Waals surface area contributed by atoms with Crippen molar-refractivity contribution < 1.29 is 0 Å². The van der Waals surface area contributed by atoms with Crippen molar-refractivity contribution in [2.45, 2.75) is 45.4 Å². The molecule has 0 radical (unpaired) electrons. The van der Waals surface area contributed by atoms with Gasteiger partial charge in [-0.05, 0) is 6.42 Å². The van der Waals surface area contributed by atoms with Crippen LogP contribution in [0.5, 0.6) is 0 Å². The first-order valence-corrected chi connectivity index (χ1v) is 4.89. The number of rotatable bonds is 3.